The largest absolute Gasteiger partial charge is 0.385 e. The molecule has 0 radical (unpaired) electrons. The third kappa shape index (κ3) is 3.94. The van der Waals surface area contributed by atoms with Crippen LogP contribution in [0.3, 0.4) is 0 Å². The van der Waals surface area contributed by atoms with E-state index in [2.05, 4.69) is 20.3 Å². The van der Waals surface area contributed by atoms with Crippen LogP contribution < -0.4 is 5.69 Å². The van der Waals surface area contributed by atoms with Gasteiger partial charge in [-0.15, -0.1) is 5.10 Å². The zero-order valence-corrected chi connectivity index (χ0v) is 13.1. The molecule has 0 spiro atoms. The molecular weight excluding hydrogens is 294 g/mol. The molecule has 0 aliphatic rings. The van der Waals surface area contributed by atoms with Crippen LogP contribution in [0.1, 0.15) is 37.2 Å². The minimum Gasteiger partial charge on any atom is -0.385 e. The molecule has 0 aromatic carbocycles. The number of hydrogen-bond donors (Lipinski definition) is 1. The van der Waals surface area contributed by atoms with E-state index in [1.165, 1.54) is 11.8 Å². The van der Waals surface area contributed by atoms with Gasteiger partial charge in [-0.2, -0.15) is 4.98 Å². The third-order valence-electron chi connectivity index (χ3n) is 2.88. The van der Waals surface area contributed by atoms with Gasteiger partial charge < -0.3 is 9.26 Å². The Kier molecular flexibility index (Phi) is 5.57. The van der Waals surface area contributed by atoms with Gasteiger partial charge in [0.2, 0.25) is 5.89 Å². The number of aromatic nitrogens is 5. The number of aryl methyl sites for hydroxylation is 1. The molecule has 1 unspecified atom stereocenters. The first-order chi connectivity index (χ1) is 10.2. The molecule has 8 nitrogen and oxygen atoms in total. The van der Waals surface area contributed by atoms with Gasteiger partial charge in [-0.1, -0.05) is 23.8 Å². The Morgan fingerprint density at radius 2 is 2.33 bits per heavy atom. The number of aromatic amines is 1. The van der Waals surface area contributed by atoms with Gasteiger partial charge in [0, 0.05) is 26.7 Å². The summed E-state index contributed by atoms with van der Waals surface area (Å²) in [6.45, 7) is 5.06. The lowest BCUT2D eigenvalue weighted by molar-refractivity contribution is 0.189. The number of methoxy groups -OCH3 is 1. The fourth-order valence-electron chi connectivity index (χ4n) is 1.74. The van der Waals surface area contributed by atoms with Crippen LogP contribution in [0.15, 0.2) is 14.5 Å². The van der Waals surface area contributed by atoms with Gasteiger partial charge in [-0.25, -0.2) is 9.89 Å². The molecule has 2 aromatic rings. The molecule has 0 aliphatic heterocycles. The first-order valence-electron chi connectivity index (χ1n) is 6.79. The molecule has 0 amide bonds. The van der Waals surface area contributed by atoms with Crippen molar-refractivity contribution in [2.75, 3.05) is 13.7 Å². The second-order valence-electron chi connectivity index (χ2n) is 4.47. The molecule has 2 rings (SSSR count). The highest BCUT2D eigenvalue weighted by molar-refractivity contribution is 7.99. The number of H-pyrrole nitrogens is 1. The van der Waals surface area contributed by atoms with Crippen molar-refractivity contribution in [3.05, 3.63) is 22.2 Å². The summed E-state index contributed by atoms with van der Waals surface area (Å²) in [5, 5.41) is 10.9. The molecule has 21 heavy (non-hydrogen) atoms. The summed E-state index contributed by atoms with van der Waals surface area (Å²) in [4.78, 5) is 16.0. The SMILES string of the molecule is CCc1noc(C(C)Sc2n[nH]c(=O)n2CCCOC)n1. The predicted molar refractivity (Wildman–Crippen MR) is 77.3 cm³/mol. The summed E-state index contributed by atoms with van der Waals surface area (Å²) >= 11 is 1.41. The number of ether oxygens (including phenoxy) is 1. The van der Waals surface area contributed by atoms with E-state index in [1.807, 2.05) is 13.8 Å². The van der Waals surface area contributed by atoms with E-state index in [-0.39, 0.29) is 10.9 Å². The maximum absolute atomic E-state index is 11.7. The molecule has 1 N–H and O–H groups in total. The van der Waals surface area contributed by atoms with Crippen LogP contribution in [-0.4, -0.2) is 38.6 Å². The molecule has 2 heterocycles. The lowest BCUT2D eigenvalue weighted by atomic mass is 10.4. The van der Waals surface area contributed by atoms with Crippen LogP contribution in [0.2, 0.25) is 0 Å². The molecule has 1 atom stereocenters. The Labute approximate surface area is 126 Å². The van der Waals surface area contributed by atoms with Gasteiger partial charge >= 0.3 is 5.69 Å². The molecule has 116 valence electrons. The maximum atomic E-state index is 11.7. The van der Waals surface area contributed by atoms with E-state index in [1.54, 1.807) is 11.7 Å². The topological polar surface area (TPSA) is 98.8 Å². The molecule has 9 heteroatoms. The Morgan fingerprint density at radius 3 is 3.00 bits per heavy atom. The summed E-state index contributed by atoms with van der Waals surface area (Å²) in [7, 11) is 1.64. The highest BCUT2D eigenvalue weighted by Gasteiger charge is 2.19. The smallest absolute Gasteiger partial charge is 0.343 e. The second-order valence-corrected chi connectivity index (χ2v) is 5.78. The first-order valence-corrected chi connectivity index (χ1v) is 7.67. The van der Waals surface area contributed by atoms with Crippen molar-refractivity contribution >= 4 is 11.8 Å². The van der Waals surface area contributed by atoms with Gasteiger partial charge in [0.1, 0.15) is 0 Å². The normalized spacial score (nSPS) is 12.7. The Morgan fingerprint density at radius 1 is 1.52 bits per heavy atom. The number of nitrogens with one attached hydrogen (secondary N) is 1. The van der Waals surface area contributed by atoms with Crippen molar-refractivity contribution < 1.29 is 9.26 Å². The van der Waals surface area contributed by atoms with Crippen LogP contribution in [0, 0.1) is 0 Å². The maximum Gasteiger partial charge on any atom is 0.343 e. The predicted octanol–water partition coefficient (Wildman–Crippen LogP) is 1.41. The number of nitrogens with zero attached hydrogens (tertiary/aromatic N) is 4. The van der Waals surface area contributed by atoms with Crippen LogP contribution in [-0.2, 0) is 17.7 Å². The van der Waals surface area contributed by atoms with Crippen molar-refractivity contribution in [2.24, 2.45) is 0 Å². The lowest BCUT2D eigenvalue weighted by Crippen LogP contribution is -2.18. The average molecular weight is 313 g/mol. The molecule has 0 aliphatic carbocycles. The van der Waals surface area contributed by atoms with E-state index in [4.69, 9.17) is 9.26 Å². The van der Waals surface area contributed by atoms with Gasteiger partial charge in [0.05, 0.1) is 5.25 Å². The van der Waals surface area contributed by atoms with E-state index in [0.29, 0.717) is 30.0 Å². The summed E-state index contributed by atoms with van der Waals surface area (Å²) < 4.78 is 11.8. The van der Waals surface area contributed by atoms with Crippen molar-refractivity contribution in [3.63, 3.8) is 0 Å². The van der Waals surface area contributed by atoms with Crippen molar-refractivity contribution in [1.82, 2.24) is 24.9 Å². The third-order valence-corrected chi connectivity index (χ3v) is 3.96. The van der Waals surface area contributed by atoms with Crippen LogP contribution in [0.5, 0.6) is 0 Å². The monoisotopic (exact) mass is 313 g/mol. The number of thioether (sulfide) groups is 1. The van der Waals surface area contributed by atoms with Gasteiger partial charge in [0.25, 0.3) is 0 Å². The van der Waals surface area contributed by atoms with Crippen molar-refractivity contribution in [1.29, 1.82) is 0 Å². The minimum atomic E-state index is -0.222. The first kappa shape index (κ1) is 15.8. The molecule has 0 saturated heterocycles. The zero-order valence-electron chi connectivity index (χ0n) is 12.3. The fraction of sp³-hybridized carbons (Fsp3) is 0.667. The molecule has 2 aromatic heterocycles. The average Bonchev–Trinajstić information content (AvgIpc) is 3.08. The van der Waals surface area contributed by atoms with Gasteiger partial charge in [0.15, 0.2) is 11.0 Å². The standard InChI is InChI=1S/C12H19N5O3S/c1-4-9-13-10(20-16-9)8(2)21-12-15-14-11(18)17(12)6-5-7-19-3/h8H,4-7H2,1-3H3,(H,14,18). The lowest BCUT2D eigenvalue weighted by Gasteiger charge is -2.07. The Bertz CT molecular complexity index is 620. The molecule has 0 fully saturated rings. The number of rotatable bonds is 8. The number of hydrogen-bond acceptors (Lipinski definition) is 7. The van der Waals surface area contributed by atoms with E-state index < -0.39 is 0 Å². The summed E-state index contributed by atoms with van der Waals surface area (Å²) in [5.41, 5.74) is -0.222. The molecular formula is C12H19N5O3S. The second kappa shape index (κ2) is 7.41. The minimum absolute atomic E-state index is 0.0748. The van der Waals surface area contributed by atoms with E-state index >= 15 is 0 Å². The highest BCUT2D eigenvalue weighted by atomic mass is 32.2. The quantitative estimate of drug-likeness (QED) is 0.581. The van der Waals surface area contributed by atoms with Crippen molar-refractivity contribution in [3.8, 4) is 0 Å². The Balaban J connectivity index is 2.06. The van der Waals surface area contributed by atoms with Gasteiger partial charge in [-0.05, 0) is 13.3 Å². The van der Waals surface area contributed by atoms with Crippen molar-refractivity contribution in [2.45, 2.75) is 43.6 Å². The fourth-order valence-corrected chi connectivity index (χ4v) is 2.65. The zero-order chi connectivity index (χ0) is 15.2. The highest BCUT2D eigenvalue weighted by Crippen LogP contribution is 2.32. The van der Waals surface area contributed by atoms with Crippen LogP contribution in [0.4, 0.5) is 0 Å². The van der Waals surface area contributed by atoms with Crippen LogP contribution in [0.25, 0.3) is 0 Å². The molecule has 0 bridgehead atoms. The molecule has 0 saturated carbocycles. The summed E-state index contributed by atoms with van der Waals surface area (Å²) in [6.07, 6.45) is 1.48. The van der Waals surface area contributed by atoms with Crippen LogP contribution >= 0.6 is 11.8 Å². The van der Waals surface area contributed by atoms with E-state index in [9.17, 15) is 4.79 Å². The van der Waals surface area contributed by atoms with E-state index in [0.717, 1.165) is 12.8 Å². The summed E-state index contributed by atoms with van der Waals surface area (Å²) in [6, 6.07) is 0. The summed E-state index contributed by atoms with van der Waals surface area (Å²) in [5.74, 6) is 1.22. The Hall–Kier alpha value is -1.61. The van der Waals surface area contributed by atoms with Gasteiger partial charge in [-0.3, -0.25) is 4.57 Å².